The fourth-order valence-corrected chi connectivity index (χ4v) is 6.56. The number of likely N-dealkylation sites (tertiary alicyclic amines) is 1. The van der Waals surface area contributed by atoms with E-state index >= 15 is 0 Å². The highest BCUT2D eigenvalue weighted by atomic mass is 35.5. The van der Waals surface area contributed by atoms with Crippen molar-refractivity contribution in [2.75, 3.05) is 5.32 Å². The molecule has 2 saturated carbocycles. The second-order valence-corrected chi connectivity index (χ2v) is 10.2. The van der Waals surface area contributed by atoms with Crippen LogP contribution in [0.2, 0.25) is 5.02 Å². The Kier molecular flexibility index (Phi) is 4.73. The van der Waals surface area contributed by atoms with Crippen molar-refractivity contribution in [2.45, 2.75) is 25.8 Å². The van der Waals surface area contributed by atoms with E-state index in [0.29, 0.717) is 22.5 Å². The van der Waals surface area contributed by atoms with Crippen LogP contribution in [-0.4, -0.2) is 28.7 Å². The number of amides is 3. The number of hydrogen-bond acceptors (Lipinski definition) is 3. The number of imide groups is 1. The van der Waals surface area contributed by atoms with Gasteiger partial charge in [-0.2, -0.15) is 0 Å². The average Bonchev–Trinajstić information content (AvgIpc) is 3.60. The monoisotopic (exact) mass is 460 g/mol. The molecule has 3 fully saturated rings. The van der Waals surface area contributed by atoms with Crippen LogP contribution in [0.4, 0.5) is 5.69 Å². The SMILES string of the molecule is Cc1c(Cl)cccc1NC(=O)[C@H](Cc1ccccc1)N1C(=O)[C@@H]2[C@H]3C=C[C@@H]([C@@H]4C[C@H]34)[C@@H]2C1=O. The third-order valence-corrected chi connectivity index (χ3v) is 8.52. The van der Waals surface area contributed by atoms with Crippen LogP contribution in [0.1, 0.15) is 17.5 Å². The molecular formula is C27H25ClN2O3. The number of nitrogens with zero attached hydrogens (tertiary/aromatic N) is 1. The summed E-state index contributed by atoms with van der Waals surface area (Å²) >= 11 is 6.24. The van der Waals surface area contributed by atoms with E-state index in [1.807, 2.05) is 37.3 Å². The van der Waals surface area contributed by atoms with Crippen molar-refractivity contribution in [3.05, 3.63) is 76.8 Å². The van der Waals surface area contributed by atoms with Gasteiger partial charge in [-0.3, -0.25) is 19.3 Å². The van der Waals surface area contributed by atoms with Crippen molar-refractivity contribution in [3.63, 3.8) is 0 Å². The molecule has 2 bridgehead atoms. The Morgan fingerprint density at radius 2 is 1.64 bits per heavy atom. The van der Waals surface area contributed by atoms with Gasteiger partial charge in [-0.1, -0.05) is 60.2 Å². The van der Waals surface area contributed by atoms with Gasteiger partial charge in [-0.25, -0.2) is 0 Å². The van der Waals surface area contributed by atoms with Crippen molar-refractivity contribution in [2.24, 2.45) is 35.5 Å². The van der Waals surface area contributed by atoms with Crippen LogP contribution in [0.5, 0.6) is 0 Å². The molecule has 5 nitrogen and oxygen atoms in total. The topological polar surface area (TPSA) is 66.5 Å². The quantitative estimate of drug-likeness (QED) is 0.535. The standard InChI is InChI=1S/C27H25ClN2O3/c1-14-20(28)8-5-9-21(14)29-25(31)22(12-15-6-3-2-4-7-15)30-26(32)23-16-10-11-17(19-13-18(16)19)24(23)27(30)33/h2-11,16-19,22-24H,12-13H2,1H3,(H,29,31)/t16-,17-,18-,19+,22-,23-,24+/m0/s1. The maximum Gasteiger partial charge on any atom is 0.248 e. The Hall–Kier alpha value is -2.92. The Morgan fingerprint density at radius 3 is 2.27 bits per heavy atom. The lowest BCUT2D eigenvalue weighted by Gasteiger charge is -2.37. The molecule has 0 unspecified atom stereocenters. The predicted octanol–water partition coefficient (Wildman–Crippen LogP) is 4.25. The molecule has 5 aliphatic rings. The van der Waals surface area contributed by atoms with E-state index in [0.717, 1.165) is 17.5 Å². The van der Waals surface area contributed by atoms with Crippen molar-refractivity contribution in [1.29, 1.82) is 0 Å². The van der Waals surface area contributed by atoms with E-state index in [1.165, 1.54) is 4.90 Å². The van der Waals surface area contributed by atoms with Gasteiger partial charge in [-0.05, 0) is 60.3 Å². The first-order valence-corrected chi connectivity index (χ1v) is 12.0. The molecule has 4 aliphatic carbocycles. The van der Waals surface area contributed by atoms with Crippen LogP contribution in [-0.2, 0) is 20.8 Å². The largest absolute Gasteiger partial charge is 0.324 e. The molecule has 6 heteroatoms. The first kappa shape index (κ1) is 20.7. The zero-order chi connectivity index (χ0) is 22.9. The molecule has 0 radical (unpaired) electrons. The van der Waals surface area contributed by atoms with Gasteiger partial charge in [0.15, 0.2) is 0 Å². The molecule has 1 N–H and O–H groups in total. The Morgan fingerprint density at radius 1 is 1.00 bits per heavy atom. The molecule has 3 amide bonds. The summed E-state index contributed by atoms with van der Waals surface area (Å²) in [6.07, 6.45) is 5.68. The summed E-state index contributed by atoms with van der Waals surface area (Å²) < 4.78 is 0. The molecule has 0 aromatic heterocycles. The molecule has 1 aliphatic heterocycles. The molecular weight excluding hydrogens is 436 g/mol. The highest BCUT2D eigenvalue weighted by molar-refractivity contribution is 6.31. The fourth-order valence-electron chi connectivity index (χ4n) is 6.38. The highest BCUT2D eigenvalue weighted by Gasteiger charge is 2.67. The van der Waals surface area contributed by atoms with Crippen LogP contribution in [0.25, 0.3) is 0 Å². The summed E-state index contributed by atoms with van der Waals surface area (Å²) in [6, 6.07) is 14.0. The summed E-state index contributed by atoms with van der Waals surface area (Å²) in [5.74, 6) is -0.0891. The van der Waals surface area contributed by atoms with E-state index in [1.54, 1.807) is 18.2 Å². The van der Waals surface area contributed by atoms with Gasteiger partial charge in [0.2, 0.25) is 17.7 Å². The van der Waals surface area contributed by atoms with Crippen molar-refractivity contribution >= 4 is 35.0 Å². The molecule has 1 heterocycles. The summed E-state index contributed by atoms with van der Waals surface area (Å²) in [7, 11) is 0. The van der Waals surface area contributed by atoms with E-state index < -0.39 is 6.04 Å². The van der Waals surface area contributed by atoms with Crippen LogP contribution < -0.4 is 5.32 Å². The molecule has 168 valence electrons. The zero-order valence-corrected chi connectivity index (χ0v) is 19.0. The maximum atomic E-state index is 13.7. The number of nitrogens with one attached hydrogen (secondary N) is 1. The number of rotatable bonds is 5. The second kappa shape index (κ2) is 7.56. The maximum absolute atomic E-state index is 13.7. The summed E-state index contributed by atoms with van der Waals surface area (Å²) in [5.41, 5.74) is 2.24. The van der Waals surface area contributed by atoms with Gasteiger partial charge in [-0.15, -0.1) is 0 Å². The lowest BCUT2D eigenvalue weighted by atomic mass is 9.63. The average molecular weight is 461 g/mol. The van der Waals surface area contributed by atoms with E-state index in [9.17, 15) is 14.4 Å². The Labute approximate surface area is 197 Å². The number of allylic oxidation sites excluding steroid dienone is 2. The highest BCUT2D eigenvalue weighted by Crippen LogP contribution is 2.65. The number of anilines is 1. The third-order valence-electron chi connectivity index (χ3n) is 8.11. The van der Waals surface area contributed by atoms with Crippen molar-refractivity contribution in [3.8, 4) is 0 Å². The number of hydrogen-bond donors (Lipinski definition) is 1. The van der Waals surface area contributed by atoms with Crippen molar-refractivity contribution in [1.82, 2.24) is 4.90 Å². The molecule has 2 aromatic carbocycles. The van der Waals surface area contributed by atoms with Gasteiger partial charge < -0.3 is 5.32 Å². The van der Waals surface area contributed by atoms with Crippen LogP contribution >= 0.6 is 11.6 Å². The smallest absolute Gasteiger partial charge is 0.248 e. The van der Waals surface area contributed by atoms with Crippen LogP contribution in [0, 0.1) is 42.4 Å². The lowest BCUT2D eigenvalue weighted by molar-refractivity contribution is -0.146. The minimum Gasteiger partial charge on any atom is -0.324 e. The van der Waals surface area contributed by atoms with E-state index in [4.69, 9.17) is 11.6 Å². The molecule has 7 atom stereocenters. The van der Waals surface area contributed by atoms with E-state index in [2.05, 4.69) is 17.5 Å². The molecule has 7 rings (SSSR count). The number of carbonyl (C=O) groups excluding carboxylic acids is 3. The summed E-state index contributed by atoms with van der Waals surface area (Å²) in [6.45, 7) is 1.83. The number of halogens is 1. The number of benzene rings is 2. The lowest BCUT2D eigenvalue weighted by Crippen LogP contribution is -2.49. The van der Waals surface area contributed by atoms with Crippen LogP contribution in [0.3, 0.4) is 0 Å². The molecule has 2 aromatic rings. The zero-order valence-electron chi connectivity index (χ0n) is 18.3. The predicted molar refractivity (Wildman–Crippen MR) is 125 cm³/mol. The number of carbonyl (C=O) groups is 3. The fraction of sp³-hybridized carbons (Fsp3) is 0.370. The summed E-state index contributed by atoms with van der Waals surface area (Å²) in [5, 5.41) is 3.49. The first-order valence-electron chi connectivity index (χ1n) is 11.6. The van der Waals surface area contributed by atoms with Gasteiger partial charge in [0.05, 0.1) is 11.8 Å². The normalized spacial score (nSPS) is 31.9. The van der Waals surface area contributed by atoms with Gasteiger partial charge in [0.1, 0.15) is 6.04 Å². The van der Waals surface area contributed by atoms with E-state index in [-0.39, 0.29) is 47.8 Å². The Balaban J connectivity index is 1.34. The van der Waals surface area contributed by atoms with Gasteiger partial charge in [0.25, 0.3) is 0 Å². The Bertz CT molecular complexity index is 1160. The summed E-state index contributed by atoms with van der Waals surface area (Å²) in [4.78, 5) is 42.3. The molecule has 33 heavy (non-hydrogen) atoms. The molecule has 1 saturated heterocycles. The third kappa shape index (κ3) is 3.17. The van der Waals surface area contributed by atoms with Crippen molar-refractivity contribution < 1.29 is 14.4 Å². The second-order valence-electron chi connectivity index (χ2n) is 9.81. The van der Waals surface area contributed by atoms with Gasteiger partial charge >= 0.3 is 0 Å². The molecule has 0 spiro atoms. The van der Waals surface area contributed by atoms with Crippen LogP contribution in [0.15, 0.2) is 60.7 Å². The first-order chi connectivity index (χ1) is 16.0. The minimum atomic E-state index is -0.910. The van der Waals surface area contributed by atoms with Gasteiger partial charge in [0, 0.05) is 17.1 Å². The minimum absolute atomic E-state index is 0.127.